The zero-order valence-corrected chi connectivity index (χ0v) is 7.28. The number of hydrogen-bond acceptors (Lipinski definition) is 7. The van der Waals surface area contributed by atoms with Gasteiger partial charge in [-0.1, -0.05) is 0 Å². The number of aliphatic hydroxyl groups is 5. The summed E-state index contributed by atoms with van der Waals surface area (Å²) in [7, 11) is -0.727. The monoisotopic (exact) mass is 211 g/mol. The lowest BCUT2D eigenvalue weighted by Crippen LogP contribution is -2.67. The SMILES string of the molecule is [2H]CO[C@@]1(O)[C@@H](O)C(O)O[C@H](CO)[C@@H]1O. The van der Waals surface area contributed by atoms with Crippen molar-refractivity contribution < 1.29 is 36.4 Å². The van der Waals surface area contributed by atoms with E-state index in [2.05, 4.69) is 9.47 Å². The van der Waals surface area contributed by atoms with Crippen molar-refractivity contribution in [2.45, 2.75) is 30.4 Å². The van der Waals surface area contributed by atoms with Crippen LogP contribution in [0.5, 0.6) is 0 Å². The predicted octanol–water partition coefficient (Wildman–Crippen LogP) is -3.25. The average molecular weight is 211 g/mol. The molecule has 0 aromatic carbocycles. The minimum atomic E-state index is -2.52. The Morgan fingerprint density at radius 3 is 2.57 bits per heavy atom. The van der Waals surface area contributed by atoms with Gasteiger partial charge in [-0.2, -0.15) is 0 Å². The van der Waals surface area contributed by atoms with E-state index >= 15 is 0 Å². The summed E-state index contributed by atoms with van der Waals surface area (Å²) >= 11 is 0. The van der Waals surface area contributed by atoms with Gasteiger partial charge in [0.05, 0.1) is 7.98 Å². The largest absolute Gasteiger partial charge is 0.394 e. The lowest BCUT2D eigenvalue weighted by Gasteiger charge is -2.44. The van der Waals surface area contributed by atoms with E-state index in [1.165, 1.54) is 0 Å². The molecule has 0 aromatic heterocycles. The summed E-state index contributed by atoms with van der Waals surface area (Å²) in [5, 5.41) is 46.5. The number of methoxy groups -OCH3 is 1. The fourth-order valence-corrected chi connectivity index (χ4v) is 1.29. The summed E-state index contributed by atoms with van der Waals surface area (Å²) in [6.45, 7) is -0.672. The second-order valence-corrected chi connectivity index (χ2v) is 3.03. The summed E-state index contributed by atoms with van der Waals surface area (Å²) in [5.74, 6) is -2.52. The van der Waals surface area contributed by atoms with Gasteiger partial charge < -0.3 is 35.0 Å². The Morgan fingerprint density at radius 2 is 2.07 bits per heavy atom. The summed E-state index contributed by atoms with van der Waals surface area (Å²) < 4.78 is 15.8. The third kappa shape index (κ3) is 1.63. The Morgan fingerprint density at radius 1 is 1.43 bits per heavy atom. The van der Waals surface area contributed by atoms with Gasteiger partial charge in [0.15, 0.2) is 12.4 Å². The van der Waals surface area contributed by atoms with Crippen molar-refractivity contribution in [2.24, 2.45) is 0 Å². The van der Waals surface area contributed by atoms with Crippen LogP contribution in [-0.4, -0.2) is 69.6 Å². The average Bonchev–Trinajstić information content (AvgIpc) is 2.21. The topological polar surface area (TPSA) is 120 Å². The van der Waals surface area contributed by atoms with E-state index in [1.54, 1.807) is 0 Å². The molecule has 1 rings (SSSR count). The zero-order valence-electron chi connectivity index (χ0n) is 8.28. The Balaban J connectivity index is 2.88. The van der Waals surface area contributed by atoms with Gasteiger partial charge in [-0.3, -0.25) is 0 Å². The van der Waals surface area contributed by atoms with Crippen molar-refractivity contribution in [3.8, 4) is 0 Å². The molecule has 0 saturated carbocycles. The molecule has 7 heteroatoms. The maximum atomic E-state index is 9.69. The number of ether oxygens (including phenoxy) is 2. The number of rotatable bonds is 2. The molecule has 84 valence electrons. The first-order chi connectivity index (χ1) is 6.97. The van der Waals surface area contributed by atoms with Crippen LogP contribution in [0.15, 0.2) is 0 Å². The molecule has 0 aromatic rings. The van der Waals surface area contributed by atoms with Crippen molar-refractivity contribution in [2.75, 3.05) is 13.7 Å². The summed E-state index contributed by atoms with van der Waals surface area (Å²) in [6, 6.07) is 0. The van der Waals surface area contributed by atoms with Gasteiger partial charge in [0.1, 0.15) is 12.2 Å². The molecule has 1 heterocycles. The first kappa shape index (κ1) is 10.2. The van der Waals surface area contributed by atoms with E-state index in [0.717, 1.165) is 0 Å². The van der Waals surface area contributed by atoms with Crippen LogP contribution in [0, 0.1) is 0 Å². The van der Waals surface area contributed by atoms with Gasteiger partial charge in [-0.15, -0.1) is 0 Å². The third-order valence-corrected chi connectivity index (χ3v) is 2.20. The molecule has 1 unspecified atom stereocenters. The molecule has 0 bridgehead atoms. The molecule has 7 nitrogen and oxygen atoms in total. The molecule has 5 atom stereocenters. The normalized spacial score (nSPS) is 50.2. The van der Waals surface area contributed by atoms with E-state index in [1.807, 2.05) is 0 Å². The molecule has 14 heavy (non-hydrogen) atoms. The highest BCUT2D eigenvalue weighted by Crippen LogP contribution is 2.29. The van der Waals surface area contributed by atoms with Crippen molar-refractivity contribution in [1.29, 1.82) is 0 Å². The lowest BCUT2D eigenvalue weighted by atomic mass is 9.95. The maximum absolute atomic E-state index is 9.69. The second-order valence-electron chi connectivity index (χ2n) is 3.03. The number of hydrogen-bond donors (Lipinski definition) is 5. The highest BCUT2D eigenvalue weighted by Gasteiger charge is 2.55. The molecule has 1 fully saturated rings. The van der Waals surface area contributed by atoms with E-state index in [4.69, 9.17) is 11.6 Å². The van der Waals surface area contributed by atoms with Crippen LogP contribution in [0.1, 0.15) is 1.37 Å². The molecule has 0 amide bonds. The van der Waals surface area contributed by atoms with Crippen molar-refractivity contribution in [1.82, 2.24) is 0 Å². The van der Waals surface area contributed by atoms with Gasteiger partial charge in [0.25, 0.3) is 0 Å². The van der Waals surface area contributed by atoms with Crippen molar-refractivity contribution in [3.63, 3.8) is 0 Å². The predicted molar refractivity (Wildman–Crippen MR) is 41.9 cm³/mol. The molecule has 1 aliphatic rings. The zero-order chi connectivity index (χ0) is 11.6. The van der Waals surface area contributed by atoms with Gasteiger partial charge in [0, 0.05) is 7.09 Å². The Labute approximate surface area is 81.5 Å². The molecule has 1 aliphatic heterocycles. The summed E-state index contributed by atoms with van der Waals surface area (Å²) in [5.41, 5.74) is 0. The molecular weight excluding hydrogens is 196 g/mol. The molecule has 5 N–H and O–H groups in total. The lowest BCUT2D eigenvalue weighted by molar-refractivity contribution is -0.387. The van der Waals surface area contributed by atoms with Gasteiger partial charge >= 0.3 is 0 Å². The first-order valence-electron chi connectivity index (χ1n) is 4.64. The van der Waals surface area contributed by atoms with Crippen LogP contribution < -0.4 is 0 Å². The summed E-state index contributed by atoms with van der Waals surface area (Å²) in [6.07, 6.45) is -6.77. The molecule has 0 spiro atoms. The quantitative estimate of drug-likeness (QED) is 0.304. The minimum Gasteiger partial charge on any atom is -0.394 e. The Bertz CT molecular complexity index is 216. The van der Waals surface area contributed by atoms with E-state index in [0.29, 0.717) is 0 Å². The van der Waals surface area contributed by atoms with Crippen LogP contribution in [0.2, 0.25) is 0 Å². The van der Waals surface area contributed by atoms with Crippen LogP contribution in [0.25, 0.3) is 0 Å². The number of aliphatic hydroxyl groups excluding tert-OH is 4. The summed E-state index contributed by atoms with van der Waals surface area (Å²) in [4.78, 5) is 0. The Hall–Kier alpha value is -0.280. The Kier molecular flexibility index (Phi) is 2.98. The molecule has 0 aliphatic carbocycles. The maximum Gasteiger partial charge on any atom is 0.226 e. The van der Waals surface area contributed by atoms with E-state index in [-0.39, 0.29) is 0 Å². The van der Waals surface area contributed by atoms with E-state index in [9.17, 15) is 15.3 Å². The van der Waals surface area contributed by atoms with E-state index < -0.39 is 44.1 Å². The molecular formula is C7H14O7. The van der Waals surface area contributed by atoms with Gasteiger partial charge in [-0.25, -0.2) is 0 Å². The standard InChI is InChI=1S/C7H14O7/c1-13-7(12)4(9)3(2-8)14-6(11)5(7)10/h3-6,8-12H,2H2,1H3/t3-,4+,5+,6?,7-/m1/s1/i1D. The second kappa shape index (κ2) is 4.07. The van der Waals surface area contributed by atoms with Crippen molar-refractivity contribution in [3.05, 3.63) is 0 Å². The fourth-order valence-electron chi connectivity index (χ4n) is 1.29. The third-order valence-electron chi connectivity index (χ3n) is 2.20. The first-order valence-corrected chi connectivity index (χ1v) is 3.93. The van der Waals surface area contributed by atoms with Gasteiger partial charge in [0.2, 0.25) is 5.79 Å². The van der Waals surface area contributed by atoms with Crippen LogP contribution in [0.4, 0.5) is 0 Å². The minimum absolute atomic E-state index is 0.672. The molecule has 1 saturated heterocycles. The molecule has 0 radical (unpaired) electrons. The highest BCUT2D eigenvalue weighted by molar-refractivity contribution is 4.95. The van der Waals surface area contributed by atoms with Crippen LogP contribution >= 0.6 is 0 Å². The fraction of sp³-hybridized carbons (Fsp3) is 1.00. The highest BCUT2D eigenvalue weighted by atomic mass is 16.7. The van der Waals surface area contributed by atoms with Crippen LogP contribution in [0.3, 0.4) is 0 Å². The van der Waals surface area contributed by atoms with Gasteiger partial charge in [-0.05, 0) is 0 Å². The van der Waals surface area contributed by atoms with Crippen molar-refractivity contribution >= 4 is 0 Å². The van der Waals surface area contributed by atoms with Crippen LogP contribution in [-0.2, 0) is 9.47 Å². The smallest absolute Gasteiger partial charge is 0.226 e.